The van der Waals surface area contributed by atoms with Crippen LogP contribution in [0.5, 0.6) is 11.5 Å². The SMILES string of the molecule is COc1ccc(CN(CC2CCCO2)C(=O)NC(C)C)cc1OS(=O)(=O)C(C)C. The second-order valence-electron chi connectivity index (χ2n) is 7.73. The summed E-state index contributed by atoms with van der Waals surface area (Å²) < 4.78 is 40.6. The van der Waals surface area contributed by atoms with Crippen molar-refractivity contribution in [3.8, 4) is 11.5 Å². The van der Waals surface area contributed by atoms with Gasteiger partial charge in [0.15, 0.2) is 11.5 Å². The maximum absolute atomic E-state index is 12.7. The number of nitrogens with zero attached hydrogens (tertiary/aromatic N) is 1. The van der Waals surface area contributed by atoms with E-state index in [1.54, 1.807) is 36.9 Å². The molecule has 0 spiro atoms. The summed E-state index contributed by atoms with van der Waals surface area (Å²) in [5, 5.41) is 2.22. The zero-order valence-electron chi connectivity index (χ0n) is 17.8. The zero-order valence-corrected chi connectivity index (χ0v) is 18.6. The number of rotatable bonds is 9. The summed E-state index contributed by atoms with van der Waals surface area (Å²) in [6, 6.07) is 4.84. The standard InChI is InChI=1S/C20H32N2O6S/c1-14(2)21-20(23)22(13-17-7-6-10-27-17)12-16-8-9-18(26-5)19(11-16)28-29(24,25)15(3)4/h8-9,11,14-15,17H,6-7,10,12-13H2,1-5H3,(H,21,23). The van der Waals surface area contributed by atoms with Gasteiger partial charge in [0, 0.05) is 25.7 Å². The molecular formula is C20H32N2O6S. The normalized spacial score (nSPS) is 16.9. The molecule has 1 aliphatic rings. The van der Waals surface area contributed by atoms with E-state index >= 15 is 0 Å². The van der Waals surface area contributed by atoms with Crippen LogP contribution in [0.25, 0.3) is 0 Å². The minimum Gasteiger partial charge on any atom is -0.493 e. The largest absolute Gasteiger partial charge is 0.493 e. The number of methoxy groups -OCH3 is 1. The van der Waals surface area contributed by atoms with Crippen LogP contribution < -0.4 is 14.2 Å². The quantitative estimate of drug-likeness (QED) is 0.608. The molecule has 9 heteroatoms. The molecule has 1 aromatic rings. The minimum atomic E-state index is -3.77. The first-order valence-electron chi connectivity index (χ1n) is 9.89. The van der Waals surface area contributed by atoms with E-state index in [0.717, 1.165) is 18.4 Å². The van der Waals surface area contributed by atoms with Crippen LogP contribution in [0.1, 0.15) is 46.1 Å². The van der Waals surface area contributed by atoms with Crippen LogP contribution >= 0.6 is 0 Å². The van der Waals surface area contributed by atoms with Gasteiger partial charge in [-0.3, -0.25) is 0 Å². The Morgan fingerprint density at radius 3 is 2.55 bits per heavy atom. The summed E-state index contributed by atoms with van der Waals surface area (Å²) in [7, 11) is -2.32. The number of amides is 2. The van der Waals surface area contributed by atoms with Gasteiger partial charge in [-0.05, 0) is 58.2 Å². The fourth-order valence-electron chi connectivity index (χ4n) is 2.92. The molecule has 0 saturated carbocycles. The van der Waals surface area contributed by atoms with E-state index in [-0.39, 0.29) is 23.9 Å². The maximum atomic E-state index is 12.7. The number of benzene rings is 1. The molecule has 29 heavy (non-hydrogen) atoms. The van der Waals surface area contributed by atoms with Gasteiger partial charge < -0.3 is 23.9 Å². The molecule has 1 aromatic carbocycles. The Morgan fingerprint density at radius 1 is 1.28 bits per heavy atom. The summed E-state index contributed by atoms with van der Waals surface area (Å²) in [6.07, 6.45) is 1.90. The van der Waals surface area contributed by atoms with Crippen molar-refractivity contribution in [2.45, 2.75) is 64.5 Å². The molecular weight excluding hydrogens is 396 g/mol. The molecule has 0 aromatic heterocycles. The molecule has 1 saturated heterocycles. The summed E-state index contributed by atoms with van der Waals surface area (Å²) >= 11 is 0. The topological polar surface area (TPSA) is 94.2 Å². The molecule has 1 aliphatic heterocycles. The Hall–Kier alpha value is -2.00. The van der Waals surface area contributed by atoms with Crippen molar-refractivity contribution in [2.75, 3.05) is 20.3 Å². The Balaban J connectivity index is 2.24. The third-order valence-corrected chi connectivity index (χ3v) is 6.10. The smallest absolute Gasteiger partial charge is 0.317 e. The Labute approximate surface area is 173 Å². The van der Waals surface area contributed by atoms with Crippen molar-refractivity contribution < 1.29 is 26.9 Å². The highest BCUT2D eigenvalue weighted by molar-refractivity contribution is 7.87. The fourth-order valence-corrected chi connectivity index (χ4v) is 3.49. The van der Waals surface area contributed by atoms with Gasteiger partial charge >= 0.3 is 16.1 Å². The van der Waals surface area contributed by atoms with Crippen molar-refractivity contribution in [3.05, 3.63) is 23.8 Å². The monoisotopic (exact) mass is 428 g/mol. The lowest BCUT2D eigenvalue weighted by molar-refractivity contribution is 0.0791. The van der Waals surface area contributed by atoms with E-state index in [2.05, 4.69) is 5.32 Å². The Kier molecular flexibility index (Phi) is 8.15. The first-order chi connectivity index (χ1) is 13.6. The Bertz CT molecular complexity index is 788. The zero-order chi connectivity index (χ0) is 21.6. The average Bonchev–Trinajstić information content (AvgIpc) is 3.13. The van der Waals surface area contributed by atoms with Gasteiger partial charge in [0.1, 0.15) is 0 Å². The summed E-state index contributed by atoms with van der Waals surface area (Å²) in [5.41, 5.74) is 0.733. The van der Waals surface area contributed by atoms with Crippen LogP contribution in [0.2, 0.25) is 0 Å². The van der Waals surface area contributed by atoms with Crippen LogP contribution in [0.4, 0.5) is 4.79 Å². The number of ether oxygens (including phenoxy) is 2. The van der Waals surface area contributed by atoms with Gasteiger partial charge in [-0.15, -0.1) is 0 Å². The highest BCUT2D eigenvalue weighted by Gasteiger charge is 2.25. The van der Waals surface area contributed by atoms with Crippen molar-refractivity contribution in [2.24, 2.45) is 0 Å². The first kappa shape index (κ1) is 23.3. The lowest BCUT2D eigenvalue weighted by Gasteiger charge is -2.27. The van der Waals surface area contributed by atoms with Crippen LogP contribution in [-0.4, -0.2) is 57.0 Å². The third kappa shape index (κ3) is 6.78. The van der Waals surface area contributed by atoms with Gasteiger partial charge in [0.25, 0.3) is 0 Å². The molecule has 1 fully saturated rings. The van der Waals surface area contributed by atoms with Crippen molar-refractivity contribution in [3.63, 3.8) is 0 Å². The summed E-state index contributed by atoms with van der Waals surface area (Å²) in [5.74, 6) is 0.426. The molecule has 8 nitrogen and oxygen atoms in total. The van der Waals surface area contributed by atoms with E-state index in [4.69, 9.17) is 13.7 Å². The number of nitrogens with one attached hydrogen (secondary N) is 1. The van der Waals surface area contributed by atoms with Crippen LogP contribution in [0.15, 0.2) is 18.2 Å². The number of carbonyl (C=O) groups is 1. The molecule has 1 heterocycles. The van der Waals surface area contributed by atoms with Crippen molar-refractivity contribution in [1.82, 2.24) is 10.2 Å². The number of urea groups is 1. The van der Waals surface area contributed by atoms with Gasteiger partial charge in [-0.25, -0.2) is 4.79 Å². The number of hydrogen-bond acceptors (Lipinski definition) is 6. The molecule has 2 amide bonds. The third-order valence-electron chi connectivity index (χ3n) is 4.53. The molecule has 0 radical (unpaired) electrons. The van der Waals surface area contributed by atoms with E-state index in [9.17, 15) is 13.2 Å². The number of carbonyl (C=O) groups excluding carboxylic acids is 1. The molecule has 1 atom stereocenters. The molecule has 1 N–H and O–H groups in total. The van der Waals surface area contributed by atoms with E-state index in [1.807, 2.05) is 13.8 Å². The predicted molar refractivity (Wildman–Crippen MR) is 111 cm³/mol. The molecule has 2 rings (SSSR count). The van der Waals surface area contributed by atoms with Crippen molar-refractivity contribution in [1.29, 1.82) is 0 Å². The lowest BCUT2D eigenvalue weighted by Crippen LogP contribution is -2.45. The summed E-state index contributed by atoms with van der Waals surface area (Å²) in [4.78, 5) is 14.4. The van der Waals surface area contributed by atoms with E-state index in [1.165, 1.54) is 7.11 Å². The van der Waals surface area contributed by atoms with Crippen LogP contribution in [0, 0.1) is 0 Å². The fraction of sp³-hybridized carbons (Fsp3) is 0.650. The first-order valence-corrected chi connectivity index (χ1v) is 11.4. The van der Waals surface area contributed by atoms with E-state index < -0.39 is 15.4 Å². The highest BCUT2D eigenvalue weighted by atomic mass is 32.2. The van der Waals surface area contributed by atoms with Gasteiger partial charge in [0.2, 0.25) is 0 Å². The average molecular weight is 429 g/mol. The van der Waals surface area contributed by atoms with Crippen LogP contribution in [-0.2, 0) is 21.4 Å². The second-order valence-corrected chi connectivity index (χ2v) is 9.82. The molecule has 0 aliphatic carbocycles. The summed E-state index contributed by atoms with van der Waals surface area (Å²) in [6.45, 7) is 8.36. The molecule has 0 bridgehead atoms. The van der Waals surface area contributed by atoms with E-state index in [0.29, 0.717) is 25.4 Å². The predicted octanol–water partition coefficient (Wildman–Crippen LogP) is 2.91. The van der Waals surface area contributed by atoms with Gasteiger partial charge in [0.05, 0.1) is 18.5 Å². The van der Waals surface area contributed by atoms with Crippen LogP contribution in [0.3, 0.4) is 0 Å². The molecule has 164 valence electrons. The lowest BCUT2D eigenvalue weighted by atomic mass is 10.1. The highest BCUT2D eigenvalue weighted by Crippen LogP contribution is 2.30. The van der Waals surface area contributed by atoms with Crippen molar-refractivity contribution >= 4 is 16.1 Å². The Morgan fingerprint density at radius 2 is 2.00 bits per heavy atom. The second kappa shape index (κ2) is 10.2. The van der Waals surface area contributed by atoms with Gasteiger partial charge in [-0.1, -0.05) is 6.07 Å². The number of hydrogen-bond donors (Lipinski definition) is 1. The van der Waals surface area contributed by atoms with Gasteiger partial charge in [-0.2, -0.15) is 8.42 Å². The minimum absolute atomic E-state index is 0.000410. The molecule has 1 unspecified atom stereocenters. The maximum Gasteiger partial charge on any atom is 0.317 e.